The first-order valence-corrected chi connectivity index (χ1v) is 7.98. The van der Waals surface area contributed by atoms with E-state index in [9.17, 15) is 9.18 Å². The molecule has 0 saturated carbocycles. The predicted molar refractivity (Wildman–Crippen MR) is 92.6 cm³/mol. The fourth-order valence-electron chi connectivity index (χ4n) is 2.29. The molecular weight excluding hydrogens is 331 g/mol. The van der Waals surface area contributed by atoms with Crippen molar-refractivity contribution in [3.63, 3.8) is 0 Å². The second kappa shape index (κ2) is 9.37. The summed E-state index contributed by atoms with van der Waals surface area (Å²) in [6.45, 7) is 1.27. The lowest BCUT2D eigenvalue weighted by Gasteiger charge is -2.21. The van der Waals surface area contributed by atoms with Gasteiger partial charge in [0.25, 0.3) is 0 Å². The Bertz CT molecular complexity index is 664. The number of hydrogen-bond acceptors (Lipinski definition) is 3. The molecule has 0 fully saturated rings. The largest absolute Gasteiger partial charge is 0.383 e. The molecule has 128 valence electrons. The van der Waals surface area contributed by atoms with Crippen LogP contribution in [0.4, 0.5) is 4.39 Å². The third kappa shape index (κ3) is 5.30. The number of carbonyl (C=O) groups excluding carboxylic acids is 1. The van der Waals surface area contributed by atoms with Crippen molar-refractivity contribution in [1.82, 2.24) is 10.6 Å². The lowest BCUT2D eigenvalue weighted by molar-refractivity contribution is -0.120. The van der Waals surface area contributed by atoms with Crippen molar-refractivity contribution >= 4 is 17.5 Å². The van der Waals surface area contributed by atoms with E-state index < -0.39 is 6.04 Å². The molecule has 0 bridgehead atoms. The zero-order chi connectivity index (χ0) is 17.4. The van der Waals surface area contributed by atoms with Crippen molar-refractivity contribution in [3.05, 3.63) is 70.5 Å². The summed E-state index contributed by atoms with van der Waals surface area (Å²) >= 11 is 6.27. The van der Waals surface area contributed by atoms with Gasteiger partial charge >= 0.3 is 0 Å². The number of methoxy groups -OCH3 is 1. The molecule has 0 radical (unpaired) electrons. The average molecular weight is 351 g/mol. The maximum absolute atomic E-state index is 13.2. The molecule has 0 aliphatic rings. The topological polar surface area (TPSA) is 50.4 Å². The van der Waals surface area contributed by atoms with E-state index in [4.69, 9.17) is 16.3 Å². The van der Waals surface area contributed by atoms with Crippen LogP contribution in [0.15, 0.2) is 48.5 Å². The minimum atomic E-state index is -0.448. The van der Waals surface area contributed by atoms with Gasteiger partial charge in [0.05, 0.1) is 19.2 Å². The Morgan fingerprint density at radius 2 is 1.92 bits per heavy atom. The Labute approximate surface area is 146 Å². The number of amides is 1. The Morgan fingerprint density at radius 1 is 1.21 bits per heavy atom. The van der Waals surface area contributed by atoms with Crippen LogP contribution >= 0.6 is 11.6 Å². The van der Waals surface area contributed by atoms with Crippen LogP contribution in [0.3, 0.4) is 0 Å². The van der Waals surface area contributed by atoms with Crippen LogP contribution in [-0.4, -0.2) is 32.7 Å². The highest BCUT2D eigenvalue weighted by Crippen LogP contribution is 2.28. The summed E-state index contributed by atoms with van der Waals surface area (Å²) in [6.07, 6.45) is 0. The highest BCUT2D eigenvalue weighted by molar-refractivity contribution is 6.31. The van der Waals surface area contributed by atoms with Gasteiger partial charge in [-0.05, 0) is 29.3 Å². The molecule has 2 aromatic rings. The highest BCUT2D eigenvalue weighted by atomic mass is 35.5. The lowest BCUT2D eigenvalue weighted by Crippen LogP contribution is -2.37. The summed E-state index contributed by atoms with van der Waals surface area (Å²) in [5, 5.41) is 6.47. The van der Waals surface area contributed by atoms with E-state index in [2.05, 4.69) is 10.6 Å². The fourth-order valence-corrected chi connectivity index (χ4v) is 2.54. The molecule has 1 atom stereocenters. The molecule has 0 aliphatic heterocycles. The maximum Gasteiger partial charge on any atom is 0.234 e. The number of carbonyl (C=O) groups is 1. The molecule has 24 heavy (non-hydrogen) atoms. The number of benzene rings is 2. The van der Waals surface area contributed by atoms with Gasteiger partial charge in [0.1, 0.15) is 5.82 Å². The number of ether oxygens (including phenoxy) is 1. The molecule has 2 aromatic carbocycles. The van der Waals surface area contributed by atoms with Crippen LogP contribution < -0.4 is 10.6 Å². The Balaban J connectivity index is 2.16. The van der Waals surface area contributed by atoms with Gasteiger partial charge in [-0.1, -0.05) is 41.9 Å². The number of halogens is 2. The monoisotopic (exact) mass is 350 g/mol. The maximum atomic E-state index is 13.2. The molecule has 0 spiro atoms. The third-order valence-corrected chi connectivity index (χ3v) is 3.84. The summed E-state index contributed by atoms with van der Waals surface area (Å²) in [7, 11) is 1.60. The van der Waals surface area contributed by atoms with Crippen LogP contribution in [-0.2, 0) is 9.53 Å². The van der Waals surface area contributed by atoms with Gasteiger partial charge in [-0.3, -0.25) is 4.79 Å². The van der Waals surface area contributed by atoms with Gasteiger partial charge < -0.3 is 15.4 Å². The molecule has 0 heterocycles. The van der Waals surface area contributed by atoms with Crippen molar-refractivity contribution in [2.24, 2.45) is 0 Å². The first-order chi connectivity index (χ1) is 11.6. The van der Waals surface area contributed by atoms with E-state index in [-0.39, 0.29) is 18.3 Å². The zero-order valence-corrected chi connectivity index (χ0v) is 14.1. The van der Waals surface area contributed by atoms with Crippen molar-refractivity contribution in [1.29, 1.82) is 0 Å². The van der Waals surface area contributed by atoms with Crippen molar-refractivity contribution in [2.75, 3.05) is 26.8 Å². The Morgan fingerprint density at radius 3 is 2.58 bits per heavy atom. The highest BCUT2D eigenvalue weighted by Gasteiger charge is 2.19. The molecule has 4 nitrogen and oxygen atoms in total. The first kappa shape index (κ1) is 18.4. The Hall–Kier alpha value is -1.95. The fraction of sp³-hybridized carbons (Fsp3) is 0.278. The van der Waals surface area contributed by atoms with Gasteiger partial charge in [-0.15, -0.1) is 0 Å². The van der Waals surface area contributed by atoms with Crippen molar-refractivity contribution in [2.45, 2.75) is 6.04 Å². The van der Waals surface area contributed by atoms with Gasteiger partial charge in [0.2, 0.25) is 5.91 Å². The summed E-state index contributed by atoms with van der Waals surface area (Å²) in [5.74, 6) is -0.510. The van der Waals surface area contributed by atoms with Crippen LogP contribution in [0.1, 0.15) is 17.2 Å². The van der Waals surface area contributed by atoms with E-state index in [1.807, 2.05) is 18.2 Å². The molecular formula is C18H20ClFN2O2. The molecule has 1 amide bonds. The van der Waals surface area contributed by atoms with Gasteiger partial charge in [-0.2, -0.15) is 0 Å². The molecule has 0 aromatic heterocycles. The normalized spacial score (nSPS) is 12.0. The Kier molecular flexibility index (Phi) is 7.18. The second-order valence-electron chi connectivity index (χ2n) is 5.24. The number of hydrogen-bond donors (Lipinski definition) is 2. The molecule has 1 unspecified atom stereocenters. The standard InChI is InChI=1S/C18H20ClFN2O2/c1-24-11-10-21-12-17(23)22-18(13-6-8-14(20)9-7-13)15-4-2-3-5-16(15)19/h2-9,18,21H,10-12H2,1H3,(H,22,23). The van der Waals surface area contributed by atoms with Gasteiger partial charge in [0, 0.05) is 18.7 Å². The van der Waals surface area contributed by atoms with Crippen LogP contribution in [0.25, 0.3) is 0 Å². The van der Waals surface area contributed by atoms with E-state index in [1.54, 1.807) is 25.3 Å². The summed E-state index contributed by atoms with van der Waals surface area (Å²) in [5.41, 5.74) is 1.52. The van der Waals surface area contributed by atoms with Crippen molar-refractivity contribution in [3.8, 4) is 0 Å². The second-order valence-corrected chi connectivity index (χ2v) is 5.65. The minimum Gasteiger partial charge on any atom is -0.383 e. The summed E-state index contributed by atoms with van der Waals surface area (Å²) < 4.78 is 18.1. The lowest BCUT2D eigenvalue weighted by atomic mass is 9.98. The predicted octanol–water partition coefficient (Wildman–Crippen LogP) is 2.92. The summed E-state index contributed by atoms with van der Waals surface area (Å²) in [6, 6.07) is 12.8. The summed E-state index contributed by atoms with van der Waals surface area (Å²) in [4.78, 5) is 12.2. The van der Waals surface area contributed by atoms with Gasteiger partial charge in [0.15, 0.2) is 0 Å². The van der Waals surface area contributed by atoms with Crippen LogP contribution in [0, 0.1) is 5.82 Å². The van der Waals surface area contributed by atoms with Crippen LogP contribution in [0.2, 0.25) is 5.02 Å². The zero-order valence-electron chi connectivity index (χ0n) is 13.4. The van der Waals surface area contributed by atoms with Crippen LogP contribution in [0.5, 0.6) is 0 Å². The van der Waals surface area contributed by atoms with Crippen molar-refractivity contribution < 1.29 is 13.9 Å². The molecule has 2 rings (SSSR count). The smallest absolute Gasteiger partial charge is 0.234 e. The van der Waals surface area contributed by atoms with E-state index >= 15 is 0 Å². The van der Waals surface area contributed by atoms with Gasteiger partial charge in [-0.25, -0.2) is 4.39 Å². The number of rotatable bonds is 8. The third-order valence-electron chi connectivity index (χ3n) is 3.49. The molecule has 0 saturated heterocycles. The first-order valence-electron chi connectivity index (χ1n) is 7.60. The minimum absolute atomic E-state index is 0.158. The quantitative estimate of drug-likeness (QED) is 0.720. The molecule has 6 heteroatoms. The van der Waals surface area contributed by atoms with E-state index in [0.29, 0.717) is 18.2 Å². The van der Waals surface area contributed by atoms with E-state index in [1.165, 1.54) is 12.1 Å². The molecule has 2 N–H and O–H groups in total. The SMILES string of the molecule is COCCNCC(=O)NC(c1ccc(F)cc1)c1ccccc1Cl. The van der Waals surface area contributed by atoms with E-state index in [0.717, 1.165) is 11.1 Å². The molecule has 0 aliphatic carbocycles. The number of nitrogens with one attached hydrogen (secondary N) is 2. The average Bonchev–Trinajstić information content (AvgIpc) is 2.58.